The molecule has 146 valence electrons. The number of alkyl halides is 3. The number of benzene rings is 3. The number of carboxylic acid groups (broad SMARTS) is 1. The first-order valence-corrected chi connectivity index (χ1v) is 10.9. The Morgan fingerprint density at radius 3 is 1.32 bits per heavy atom. The molecule has 0 aliphatic carbocycles. The van der Waals surface area contributed by atoms with E-state index in [0.29, 0.717) is 15.9 Å². The number of hydrogen-bond donors (Lipinski definition) is 1. The molecule has 0 radical (unpaired) electrons. The predicted octanol–water partition coefficient (Wildman–Crippen LogP) is 4.12. The first-order chi connectivity index (χ1) is 13.4. The normalized spacial score (nSPS) is 13.7. The summed E-state index contributed by atoms with van der Waals surface area (Å²) in [5.74, 6) is -1.43. The number of carboxylic acids is 1. The molecule has 6 heteroatoms. The third-order valence-electron chi connectivity index (χ3n) is 4.94. The molecular weight excluding hydrogens is 384 g/mol. The minimum absolute atomic E-state index is 0.643. The summed E-state index contributed by atoms with van der Waals surface area (Å²) in [5, 5.41) is 11.9. The molecule has 1 N–H and O–H groups in total. The SMILES string of the molecule is O=C(O)C(CC(F)(F)F)[PH](c1ccccc1)(c1ccccc1)c1ccccc1. The summed E-state index contributed by atoms with van der Waals surface area (Å²) in [4.78, 5) is 12.3. The quantitative estimate of drug-likeness (QED) is 0.628. The molecule has 0 heterocycles. The maximum absolute atomic E-state index is 13.5. The molecule has 0 spiro atoms. The van der Waals surface area contributed by atoms with E-state index in [0.717, 1.165) is 0 Å². The van der Waals surface area contributed by atoms with Gasteiger partial charge in [-0.1, -0.05) is 0 Å². The van der Waals surface area contributed by atoms with Gasteiger partial charge < -0.3 is 0 Å². The van der Waals surface area contributed by atoms with Gasteiger partial charge in [0.25, 0.3) is 0 Å². The molecule has 0 saturated carbocycles. The van der Waals surface area contributed by atoms with Crippen molar-refractivity contribution in [3.63, 3.8) is 0 Å². The van der Waals surface area contributed by atoms with Gasteiger partial charge in [0.15, 0.2) is 0 Å². The first kappa shape index (κ1) is 20.1. The molecule has 1 unspecified atom stereocenters. The van der Waals surface area contributed by atoms with Gasteiger partial charge >= 0.3 is 161 Å². The predicted molar refractivity (Wildman–Crippen MR) is 109 cm³/mol. The minimum atomic E-state index is -4.60. The van der Waals surface area contributed by atoms with Gasteiger partial charge in [0.05, 0.1) is 0 Å². The summed E-state index contributed by atoms with van der Waals surface area (Å²) < 4.78 is 40.5. The van der Waals surface area contributed by atoms with E-state index in [9.17, 15) is 23.1 Å². The molecule has 0 aromatic heterocycles. The number of halogens is 3. The summed E-state index contributed by atoms with van der Waals surface area (Å²) in [5.41, 5.74) is -1.60. The summed E-state index contributed by atoms with van der Waals surface area (Å²) in [6, 6.07) is 26.3. The molecule has 0 saturated heterocycles. The zero-order chi connectivity index (χ0) is 20.2. The molecule has 0 bridgehead atoms. The Hall–Kier alpha value is -2.65. The summed E-state index contributed by atoms with van der Waals surface area (Å²) in [6.45, 7) is 0. The molecular formula is C22H20F3O2P. The van der Waals surface area contributed by atoms with Gasteiger partial charge in [0.1, 0.15) is 0 Å². The van der Waals surface area contributed by atoms with Crippen LogP contribution < -0.4 is 15.9 Å². The van der Waals surface area contributed by atoms with Crippen molar-refractivity contribution in [2.75, 3.05) is 0 Å². The van der Waals surface area contributed by atoms with Crippen LogP contribution in [0.15, 0.2) is 91.0 Å². The van der Waals surface area contributed by atoms with Crippen LogP contribution in [-0.4, -0.2) is 22.9 Å². The van der Waals surface area contributed by atoms with E-state index < -0.39 is 31.5 Å². The van der Waals surface area contributed by atoms with E-state index in [4.69, 9.17) is 0 Å². The molecule has 0 aliphatic rings. The Morgan fingerprint density at radius 2 is 1.07 bits per heavy atom. The molecule has 3 rings (SSSR count). The third-order valence-corrected chi connectivity index (χ3v) is 10.2. The Balaban J connectivity index is 2.41. The van der Waals surface area contributed by atoms with Gasteiger partial charge in [-0.25, -0.2) is 0 Å². The summed E-state index contributed by atoms with van der Waals surface area (Å²) in [6.07, 6.45) is -5.98. The topological polar surface area (TPSA) is 37.3 Å². The van der Waals surface area contributed by atoms with E-state index in [-0.39, 0.29) is 0 Å². The average Bonchev–Trinajstić information content (AvgIpc) is 2.69. The summed E-state index contributed by atoms with van der Waals surface area (Å²) in [7, 11) is -3.55. The van der Waals surface area contributed by atoms with Crippen molar-refractivity contribution < 1.29 is 23.1 Å². The van der Waals surface area contributed by atoms with Crippen molar-refractivity contribution in [1.82, 2.24) is 0 Å². The van der Waals surface area contributed by atoms with Crippen LogP contribution in [0.3, 0.4) is 0 Å². The zero-order valence-corrected chi connectivity index (χ0v) is 15.9. The van der Waals surface area contributed by atoms with Crippen molar-refractivity contribution in [3.05, 3.63) is 91.0 Å². The van der Waals surface area contributed by atoms with E-state index in [1.807, 2.05) is 0 Å². The van der Waals surface area contributed by atoms with Gasteiger partial charge in [-0.3, -0.25) is 0 Å². The second-order valence-corrected chi connectivity index (χ2v) is 10.7. The van der Waals surface area contributed by atoms with Gasteiger partial charge in [-0.05, 0) is 0 Å². The van der Waals surface area contributed by atoms with Gasteiger partial charge in [0, 0.05) is 0 Å². The van der Waals surface area contributed by atoms with Gasteiger partial charge in [0.2, 0.25) is 0 Å². The molecule has 0 aliphatic heterocycles. The van der Waals surface area contributed by atoms with Crippen LogP contribution in [0.25, 0.3) is 0 Å². The van der Waals surface area contributed by atoms with Crippen LogP contribution >= 0.6 is 7.26 Å². The second kappa shape index (κ2) is 8.15. The number of carbonyl (C=O) groups is 1. The molecule has 3 aromatic rings. The Morgan fingerprint density at radius 1 is 0.750 bits per heavy atom. The van der Waals surface area contributed by atoms with Crippen LogP contribution in [0.5, 0.6) is 0 Å². The fourth-order valence-corrected chi connectivity index (χ4v) is 9.13. The van der Waals surface area contributed by atoms with E-state index in [1.165, 1.54) is 0 Å². The molecule has 0 amide bonds. The monoisotopic (exact) mass is 404 g/mol. The van der Waals surface area contributed by atoms with Crippen molar-refractivity contribution in [1.29, 1.82) is 0 Å². The Labute approximate surface area is 162 Å². The van der Waals surface area contributed by atoms with E-state index in [1.54, 1.807) is 91.0 Å². The summed E-state index contributed by atoms with van der Waals surface area (Å²) >= 11 is 0. The first-order valence-electron chi connectivity index (χ1n) is 8.82. The fourth-order valence-electron chi connectivity index (χ4n) is 3.86. The van der Waals surface area contributed by atoms with Gasteiger partial charge in [-0.15, -0.1) is 0 Å². The third kappa shape index (κ3) is 3.95. The van der Waals surface area contributed by atoms with Crippen LogP contribution in [0.2, 0.25) is 0 Å². The maximum atomic E-state index is 13.5. The standard InChI is InChI=1S/C22H20F3O2P/c23-22(24,25)16-20(21(26)27)28(17-10-4-1-5-11-17,18-12-6-2-7-13-18)19-14-8-3-9-15-19/h1-15,20,28H,16H2,(H,26,27). The molecule has 0 fully saturated rings. The van der Waals surface area contributed by atoms with Crippen LogP contribution in [0.4, 0.5) is 13.2 Å². The molecule has 2 nitrogen and oxygen atoms in total. The Kier molecular flexibility index (Phi) is 5.85. The van der Waals surface area contributed by atoms with Gasteiger partial charge in [-0.2, -0.15) is 0 Å². The van der Waals surface area contributed by atoms with Crippen LogP contribution in [0.1, 0.15) is 6.42 Å². The van der Waals surface area contributed by atoms with Crippen molar-refractivity contribution in [2.45, 2.75) is 18.3 Å². The van der Waals surface area contributed by atoms with E-state index in [2.05, 4.69) is 0 Å². The van der Waals surface area contributed by atoms with Crippen molar-refractivity contribution in [2.24, 2.45) is 0 Å². The second-order valence-electron chi connectivity index (χ2n) is 6.62. The van der Waals surface area contributed by atoms with Crippen LogP contribution in [-0.2, 0) is 4.79 Å². The fraction of sp³-hybridized carbons (Fsp3) is 0.136. The number of hydrogen-bond acceptors (Lipinski definition) is 1. The van der Waals surface area contributed by atoms with Crippen molar-refractivity contribution >= 4 is 29.1 Å². The molecule has 1 atom stereocenters. The molecule has 28 heavy (non-hydrogen) atoms. The average molecular weight is 404 g/mol. The van der Waals surface area contributed by atoms with Crippen LogP contribution in [0, 0.1) is 0 Å². The molecule has 3 aromatic carbocycles. The number of rotatable bonds is 6. The Bertz CT molecular complexity index is 816. The van der Waals surface area contributed by atoms with E-state index >= 15 is 0 Å². The number of aliphatic carboxylic acids is 1. The van der Waals surface area contributed by atoms with Crippen molar-refractivity contribution in [3.8, 4) is 0 Å². The zero-order valence-electron chi connectivity index (χ0n) is 14.9.